The number of nitrogens with one attached hydrogen (secondary N) is 1. The van der Waals surface area contributed by atoms with Gasteiger partial charge in [0.1, 0.15) is 0 Å². The number of hydrogen-bond donors (Lipinski definition) is 2. The molecule has 98 valence electrons. The van der Waals surface area contributed by atoms with Gasteiger partial charge in [0.15, 0.2) is 0 Å². The minimum absolute atomic E-state index is 0.487. The molecule has 0 radical (unpaired) electrons. The van der Waals surface area contributed by atoms with Crippen molar-refractivity contribution in [2.45, 2.75) is 44.1 Å². The van der Waals surface area contributed by atoms with Crippen LogP contribution >= 0.6 is 0 Å². The molecule has 0 aromatic rings. The SMILES string of the molecule is NCCOCCNC12CC3CC(CC(C3)C1)C2. The van der Waals surface area contributed by atoms with Crippen molar-refractivity contribution in [1.82, 2.24) is 5.32 Å². The summed E-state index contributed by atoms with van der Waals surface area (Å²) >= 11 is 0. The first-order valence-corrected chi connectivity index (χ1v) is 7.32. The molecule has 3 N–H and O–H groups in total. The third-order valence-electron chi connectivity index (χ3n) is 5.05. The quantitative estimate of drug-likeness (QED) is 0.690. The van der Waals surface area contributed by atoms with Gasteiger partial charge in [0, 0.05) is 18.6 Å². The van der Waals surface area contributed by atoms with E-state index in [2.05, 4.69) is 5.32 Å². The van der Waals surface area contributed by atoms with Gasteiger partial charge in [-0.05, 0) is 56.3 Å². The molecule has 0 amide bonds. The highest BCUT2D eigenvalue weighted by atomic mass is 16.5. The Morgan fingerprint density at radius 2 is 1.59 bits per heavy atom. The number of rotatable bonds is 6. The molecule has 0 atom stereocenters. The molecule has 0 heterocycles. The van der Waals surface area contributed by atoms with Crippen LogP contribution in [0.15, 0.2) is 0 Å². The average molecular weight is 238 g/mol. The standard InChI is InChI=1S/C14H26N2O/c15-1-3-17-4-2-16-14-8-11-5-12(9-14)7-13(6-11)10-14/h11-13,16H,1-10,15H2. The third-order valence-corrected chi connectivity index (χ3v) is 5.05. The molecule has 0 spiro atoms. The van der Waals surface area contributed by atoms with Crippen LogP contribution in [-0.4, -0.2) is 31.8 Å². The van der Waals surface area contributed by atoms with Gasteiger partial charge in [-0.3, -0.25) is 0 Å². The van der Waals surface area contributed by atoms with E-state index in [1.807, 2.05) is 0 Å². The second-order valence-electron chi connectivity index (χ2n) is 6.53. The summed E-state index contributed by atoms with van der Waals surface area (Å²) in [6, 6.07) is 0. The molecule has 0 aromatic heterocycles. The van der Waals surface area contributed by atoms with Gasteiger partial charge in [0.2, 0.25) is 0 Å². The minimum Gasteiger partial charge on any atom is -0.379 e. The lowest BCUT2D eigenvalue weighted by molar-refractivity contribution is -0.0227. The van der Waals surface area contributed by atoms with E-state index in [1.54, 1.807) is 0 Å². The van der Waals surface area contributed by atoms with Gasteiger partial charge in [-0.2, -0.15) is 0 Å². The Hall–Kier alpha value is -0.120. The lowest BCUT2D eigenvalue weighted by Crippen LogP contribution is -2.58. The van der Waals surface area contributed by atoms with Crippen molar-refractivity contribution in [3.63, 3.8) is 0 Å². The predicted octanol–water partition coefficient (Wildman–Crippen LogP) is 1.52. The van der Waals surface area contributed by atoms with Gasteiger partial charge in [-0.25, -0.2) is 0 Å². The van der Waals surface area contributed by atoms with Gasteiger partial charge in [-0.15, -0.1) is 0 Å². The maximum absolute atomic E-state index is 5.46. The molecule has 0 saturated heterocycles. The summed E-state index contributed by atoms with van der Waals surface area (Å²) in [6.07, 6.45) is 8.83. The molecule has 17 heavy (non-hydrogen) atoms. The topological polar surface area (TPSA) is 47.3 Å². The lowest BCUT2D eigenvalue weighted by Gasteiger charge is -2.57. The van der Waals surface area contributed by atoms with Crippen molar-refractivity contribution < 1.29 is 4.74 Å². The van der Waals surface area contributed by atoms with Crippen LogP contribution in [0.2, 0.25) is 0 Å². The molecular formula is C14H26N2O. The summed E-state index contributed by atoms with van der Waals surface area (Å²) < 4.78 is 5.46. The zero-order chi connectivity index (χ0) is 11.7. The van der Waals surface area contributed by atoms with E-state index in [0.717, 1.165) is 30.9 Å². The number of ether oxygens (including phenoxy) is 1. The van der Waals surface area contributed by atoms with Gasteiger partial charge in [0.05, 0.1) is 13.2 Å². The Morgan fingerprint density at radius 3 is 2.12 bits per heavy atom. The van der Waals surface area contributed by atoms with E-state index >= 15 is 0 Å². The molecule has 0 unspecified atom stereocenters. The molecule has 4 aliphatic carbocycles. The number of nitrogens with two attached hydrogens (primary N) is 1. The van der Waals surface area contributed by atoms with Crippen LogP contribution in [0, 0.1) is 17.8 Å². The Kier molecular flexibility index (Phi) is 3.42. The summed E-state index contributed by atoms with van der Waals surface area (Å²) in [5, 5.41) is 3.82. The van der Waals surface area contributed by atoms with Crippen molar-refractivity contribution in [1.29, 1.82) is 0 Å². The molecule has 3 nitrogen and oxygen atoms in total. The zero-order valence-corrected chi connectivity index (χ0v) is 10.8. The van der Waals surface area contributed by atoms with E-state index < -0.39 is 0 Å². The molecule has 0 aromatic carbocycles. The summed E-state index contributed by atoms with van der Waals surface area (Å²) in [5.41, 5.74) is 5.90. The summed E-state index contributed by atoms with van der Waals surface area (Å²) in [5.74, 6) is 3.08. The van der Waals surface area contributed by atoms with E-state index in [0.29, 0.717) is 18.7 Å². The summed E-state index contributed by atoms with van der Waals surface area (Å²) in [7, 11) is 0. The van der Waals surface area contributed by atoms with Crippen molar-refractivity contribution in [3.05, 3.63) is 0 Å². The highest BCUT2D eigenvalue weighted by Gasteiger charge is 2.50. The first-order chi connectivity index (χ1) is 8.30. The van der Waals surface area contributed by atoms with Crippen LogP contribution in [0.25, 0.3) is 0 Å². The third kappa shape index (κ3) is 2.51. The molecule has 3 heteroatoms. The van der Waals surface area contributed by atoms with Gasteiger partial charge >= 0.3 is 0 Å². The Balaban J connectivity index is 1.49. The van der Waals surface area contributed by atoms with Gasteiger partial charge in [-0.1, -0.05) is 0 Å². The Bertz CT molecular complexity index is 232. The van der Waals surface area contributed by atoms with Gasteiger partial charge < -0.3 is 15.8 Å². The Labute approximate surface area is 104 Å². The summed E-state index contributed by atoms with van der Waals surface area (Å²) in [6.45, 7) is 3.16. The lowest BCUT2D eigenvalue weighted by atomic mass is 9.53. The van der Waals surface area contributed by atoms with Crippen molar-refractivity contribution in [3.8, 4) is 0 Å². The Morgan fingerprint density at radius 1 is 1.00 bits per heavy atom. The van der Waals surface area contributed by atoms with Crippen LogP contribution in [0.4, 0.5) is 0 Å². The first-order valence-electron chi connectivity index (χ1n) is 7.32. The highest BCUT2D eigenvalue weighted by molar-refractivity contribution is 5.06. The van der Waals surface area contributed by atoms with Crippen molar-refractivity contribution >= 4 is 0 Å². The zero-order valence-electron chi connectivity index (χ0n) is 10.8. The average Bonchev–Trinajstić information content (AvgIpc) is 2.26. The van der Waals surface area contributed by atoms with E-state index in [-0.39, 0.29) is 0 Å². The fourth-order valence-corrected chi connectivity index (χ4v) is 4.90. The predicted molar refractivity (Wildman–Crippen MR) is 68.8 cm³/mol. The molecule has 0 aliphatic heterocycles. The normalized spacial score (nSPS) is 43.2. The van der Waals surface area contributed by atoms with Crippen LogP contribution in [0.5, 0.6) is 0 Å². The van der Waals surface area contributed by atoms with Crippen LogP contribution < -0.4 is 11.1 Å². The second-order valence-corrected chi connectivity index (χ2v) is 6.53. The molecule has 4 aliphatic rings. The summed E-state index contributed by atoms with van der Waals surface area (Å²) in [4.78, 5) is 0. The molecule has 4 rings (SSSR count). The van der Waals surface area contributed by atoms with Crippen molar-refractivity contribution in [2.75, 3.05) is 26.3 Å². The minimum atomic E-state index is 0.487. The van der Waals surface area contributed by atoms with E-state index in [9.17, 15) is 0 Å². The van der Waals surface area contributed by atoms with Crippen molar-refractivity contribution in [2.24, 2.45) is 23.5 Å². The second kappa shape index (κ2) is 4.87. The van der Waals surface area contributed by atoms with Gasteiger partial charge in [0.25, 0.3) is 0 Å². The highest BCUT2D eigenvalue weighted by Crippen LogP contribution is 2.55. The van der Waals surface area contributed by atoms with Crippen LogP contribution in [0.1, 0.15) is 38.5 Å². The smallest absolute Gasteiger partial charge is 0.0591 e. The maximum Gasteiger partial charge on any atom is 0.0591 e. The molecular weight excluding hydrogens is 212 g/mol. The number of hydrogen-bond acceptors (Lipinski definition) is 3. The van der Waals surface area contributed by atoms with Crippen LogP contribution in [-0.2, 0) is 4.74 Å². The van der Waals surface area contributed by atoms with E-state index in [1.165, 1.54) is 38.5 Å². The fourth-order valence-electron chi connectivity index (χ4n) is 4.90. The largest absolute Gasteiger partial charge is 0.379 e. The fraction of sp³-hybridized carbons (Fsp3) is 1.00. The molecule has 4 saturated carbocycles. The molecule has 4 bridgehead atoms. The maximum atomic E-state index is 5.46. The monoisotopic (exact) mass is 238 g/mol. The van der Waals surface area contributed by atoms with Crippen LogP contribution in [0.3, 0.4) is 0 Å². The first kappa shape index (κ1) is 11.9. The molecule has 4 fully saturated rings. The van der Waals surface area contributed by atoms with E-state index in [4.69, 9.17) is 10.5 Å².